The molecule has 3 rings (SSSR count). The Labute approximate surface area is 129 Å². The molecular weight excluding hydrogens is 284 g/mol. The Balaban J connectivity index is 1.99. The van der Waals surface area contributed by atoms with Crippen LogP contribution in [0, 0.1) is 0 Å². The summed E-state index contributed by atoms with van der Waals surface area (Å²) in [6.07, 6.45) is 5.19. The molecule has 1 heterocycles. The molecular formula is C17H17ClN2O. The molecule has 0 spiro atoms. The summed E-state index contributed by atoms with van der Waals surface area (Å²) in [5.74, 6) is -0.247. The minimum Gasteiger partial charge on any atom is -0.267 e. The van der Waals surface area contributed by atoms with Crippen molar-refractivity contribution < 1.29 is 4.79 Å². The molecule has 108 valence electrons. The molecule has 0 unspecified atom stereocenters. The average Bonchev–Trinajstić information content (AvgIpc) is 2.82. The number of pyridine rings is 1. The first kappa shape index (κ1) is 14.1. The minimum absolute atomic E-state index is 0.139. The lowest BCUT2D eigenvalue weighted by Crippen LogP contribution is -2.22. The highest BCUT2D eigenvalue weighted by Crippen LogP contribution is 2.43. The number of carbonyl (C=O) groups is 1. The molecule has 1 amide bonds. The number of benzene rings is 1. The summed E-state index contributed by atoms with van der Waals surface area (Å²) >= 11 is 6.32. The number of amides is 1. The van der Waals surface area contributed by atoms with E-state index in [1.807, 2.05) is 12.1 Å². The summed E-state index contributed by atoms with van der Waals surface area (Å²) in [7, 11) is 0. The Morgan fingerprint density at radius 2 is 2.10 bits per heavy atom. The zero-order chi connectivity index (χ0) is 15.0. The Morgan fingerprint density at radius 3 is 2.81 bits per heavy atom. The molecule has 3 nitrogen and oxygen atoms in total. The van der Waals surface area contributed by atoms with Crippen LogP contribution in [0.2, 0.25) is 0 Å². The highest BCUT2D eigenvalue weighted by molar-refractivity contribution is 6.39. The van der Waals surface area contributed by atoms with Gasteiger partial charge in [0, 0.05) is 24.2 Å². The standard InChI is InChI=1S/C17H17ClN2O/c1-17(2)9-8-13-14(17)6-3-7-15(13)20(18)16(21)12-5-4-10-19-11-12/h3-7,10-11H,8-9H2,1-2H3. The molecule has 0 atom stereocenters. The van der Waals surface area contributed by atoms with Crippen molar-refractivity contribution in [1.82, 2.24) is 4.98 Å². The van der Waals surface area contributed by atoms with Gasteiger partial charge in [-0.3, -0.25) is 9.78 Å². The second-order valence-electron chi connectivity index (χ2n) is 6.01. The van der Waals surface area contributed by atoms with Gasteiger partial charge >= 0.3 is 0 Å². The number of carbonyl (C=O) groups excluding carboxylic acids is 1. The van der Waals surface area contributed by atoms with E-state index in [-0.39, 0.29) is 11.3 Å². The van der Waals surface area contributed by atoms with Crippen LogP contribution < -0.4 is 4.42 Å². The first-order valence-corrected chi connectivity index (χ1v) is 7.37. The van der Waals surface area contributed by atoms with E-state index in [0.717, 1.165) is 18.5 Å². The van der Waals surface area contributed by atoms with Crippen LogP contribution in [0.15, 0.2) is 42.7 Å². The maximum absolute atomic E-state index is 12.5. The lowest BCUT2D eigenvalue weighted by Gasteiger charge is -2.21. The van der Waals surface area contributed by atoms with Crippen molar-refractivity contribution in [2.45, 2.75) is 32.1 Å². The van der Waals surface area contributed by atoms with Gasteiger partial charge in [-0.2, -0.15) is 0 Å². The molecule has 0 N–H and O–H groups in total. The second-order valence-corrected chi connectivity index (χ2v) is 6.35. The first-order valence-electron chi connectivity index (χ1n) is 7.03. The van der Waals surface area contributed by atoms with E-state index < -0.39 is 0 Å². The summed E-state index contributed by atoms with van der Waals surface area (Å²) in [6.45, 7) is 4.45. The monoisotopic (exact) mass is 300 g/mol. The Morgan fingerprint density at radius 1 is 1.29 bits per heavy atom. The number of hydrogen-bond acceptors (Lipinski definition) is 2. The molecule has 1 aromatic carbocycles. The maximum atomic E-state index is 12.5. The van der Waals surface area contributed by atoms with Crippen molar-refractivity contribution >= 4 is 23.4 Å². The first-order chi connectivity index (χ1) is 10.0. The highest BCUT2D eigenvalue weighted by atomic mass is 35.5. The van der Waals surface area contributed by atoms with Gasteiger partial charge in [0.15, 0.2) is 0 Å². The van der Waals surface area contributed by atoms with Crippen molar-refractivity contribution in [2.75, 3.05) is 4.42 Å². The molecule has 0 bridgehead atoms. The van der Waals surface area contributed by atoms with Crippen molar-refractivity contribution in [2.24, 2.45) is 0 Å². The van der Waals surface area contributed by atoms with E-state index in [2.05, 4.69) is 24.9 Å². The summed E-state index contributed by atoms with van der Waals surface area (Å²) < 4.78 is 1.22. The van der Waals surface area contributed by atoms with Gasteiger partial charge in [-0.1, -0.05) is 26.0 Å². The van der Waals surface area contributed by atoms with Crippen LogP contribution in [0.1, 0.15) is 41.8 Å². The van der Waals surface area contributed by atoms with Crippen molar-refractivity contribution in [1.29, 1.82) is 0 Å². The number of rotatable bonds is 2. The topological polar surface area (TPSA) is 33.2 Å². The Kier molecular flexibility index (Phi) is 3.46. The zero-order valence-corrected chi connectivity index (χ0v) is 12.9. The molecule has 2 aromatic rings. The molecule has 0 saturated carbocycles. The third kappa shape index (κ3) is 2.42. The van der Waals surface area contributed by atoms with Gasteiger partial charge in [-0.15, -0.1) is 0 Å². The van der Waals surface area contributed by atoms with Crippen molar-refractivity contribution in [3.63, 3.8) is 0 Å². The zero-order valence-electron chi connectivity index (χ0n) is 12.1. The van der Waals surface area contributed by atoms with Crippen molar-refractivity contribution in [3.8, 4) is 0 Å². The fraction of sp³-hybridized carbons (Fsp3) is 0.294. The lowest BCUT2D eigenvalue weighted by molar-refractivity contribution is 0.100. The molecule has 4 heteroatoms. The minimum atomic E-state index is -0.247. The normalized spacial score (nSPS) is 15.6. The Hall–Kier alpha value is -1.87. The molecule has 0 fully saturated rings. The summed E-state index contributed by atoms with van der Waals surface area (Å²) in [5.41, 5.74) is 3.87. The number of halogens is 1. The van der Waals surface area contributed by atoms with Crippen molar-refractivity contribution in [3.05, 3.63) is 59.4 Å². The summed E-state index contributed by atoms with van der Waals surface area (Å²) in [5, 5.41) is 0. The van der Waals surface area contributed by atoms with Gasteiger partial charge in [0.05, 0.1) is 11.3 Å². The largest absolute Gasteiger partial charge is 0.274 e. The number of nitrogens with zero attached hydrogens (tertiary/aromatic N) is 2. The molecule has 0 saturated heterocycles. The van der Waals surface area contributed by atoms with Crippen LogP contribution in [0.25, 0.3) is 0 Å². The average molecular weight is 301 g/mol. The third-order valence-corrected chi connectivity index (χ3v) is 4.51. The van der Waals surface area contributed by atoms with E-state index in [9.17, 15) is 4.79 Å². The SMILES string of the molecule is CC1(C)CCc2c(N(Cl)C(=O)c3cccnc3)cccc21. The third-order valence-electron chi connectivity index (χ3n) is 4.18. The van der Waals surface area contributed by atoms with Crippen LogP contribution in [0.4, 0.5) is 5.69 Å². The van der Waals surface area contributed by atoms with Gasteiger partial charge in [0.25, 0.3) is 5.91 Å². The molecule has 0 radical (unpaired) electrons. The number of hydrogen-bond donors (Lipinski definition) is 0. The van der Waals surface area contributed by atoms with E-state index in [0.29, 0.717) is 5.56 Å². The molecule has 0 aliphatic heterocycles. The van der Waals surface area contributed by atoms with Gasteiger partial charge in [-0.05, 0) is 47.6 Å². The maximum Gasteiger partial charge on any atom is 0.274 e. The fourth-order valence-corrected chi connectivity index (χ4v) is 3.20. The van der Waals surface area contributed by atoms with Gasteiger partial charge < -0.3 is 0 Å². The molecule has 1 aromatic heterocycles. The van der Waals surface area contributed by atoms with Gasteiger partial charge in [0.2, 0.25) is 0 Å². The van der Waals surface area contributed by atoms with E-state index >= 15 is 0 Å². The fourth-order valence-electron chi connectivity index (χ4n) is 2.94. The smallest absolute Gasteiger partial charge is 0.267 e. The lowest BCUT2D eigenvalue weighted by atomic mass is 9.86. The van der Waals surface area contributed by atoms with E-state index in [1.54, 1.807) is 18.3 Å². The quantitative estimate of drug-likeness (QED) is 0.782. The summed E-state index contributed by atoms with van der Waals surface area (Å²) in [4.78, 5) is 16.4. The number of anilines is 1. The molecule has 1 aliphatic carbocycles. The summed E-state index contributed by atoms with van der Waals surface area (Å²) in [6, 6.07) is 9.45. The second kappa shape index (κ2) is 5.15. The van der Waals surface area contributed by atoms with Gasteiger partial charge in [0.1, 0.15) is 0 Å². The van der Waals surface area contributed by atoms with Crippen LogP contribution in [0.5, 0.6) is 0 Å². The van der Waals surface area contributed by atoms with Crippen LogP contribution in [0.3, 0.4) is 0 Å². The predicted molar refractivity (Wildman–Crippen MR) is 84.7 cm³/mol. The van der Waals surface area contributed by atoms with Crippen LogP contribution in [-0.4, -0.2) is 10.9 Å². The predicted octanol–water partition coefficient (Wildman–Crippen LogP) is 4.11. The number of fused-ring (bicyclic) bond motifs is 1. The van der Waals surface area contributed by atoms with Crippen LogP contribution in [-0.2, 0) is 11.8 Å². The number of aromatic nitrogens is 1. The van der Waals surface area contributed by atoms with E-state index in [4.69, 9.17) is 11.8 Å². The van der Waals surface area contributed by atoms with Gasteiger partial charge in [-0.25, -0.2) is 4.42 Å². The Bertz CT molecular complexity index is 682. The highest BCUT2D eigenvalue weighted by Gasteiger charge is 2.33. The van der Waals surface area contributed by atoms with Crippen LogP contribution >= 0.6 is 11.8 Å². The molecule has 21 heavy (non-hydrogen) atoms. The van der Waals surface area contributed by atoms with E-state index in [1.165, 1.54) is 21.7 Å². The molecule has 1 aliphatic rings.